The molecular weight excluding hydrogens is 330 g/mol. The molecule has 0 spiro atoms. The fraction of sp³-hybridized carbons (Fsp3) is 0.316. The van der Waals surface area contributed by atoms with Gasteiger partial charge in [-0.3, -0.25) is 4.98 Å². The van der Waals surface area contributed by atoms with Gasteiger partial charge < -0.3 is 9.05 Å². The van der Waals surface area contributed by atoms with E-state index in [0.717, 1.165) is 22.2 Å². The second-order valence-corrected chi connectivity index (χ2v) is 6.81. The van der Waals surface area contributed by atoms with Crippen molar-refractivity contribution in [1.29, 1.82) is 0 Å². The average molecular weight is 347 g/mol. The van der Waals surface area contributed by atoms with Gasteiger partial charge in [-0.05, 0) is 38.0 Å². The maximum Gasteiger partial charge on any atom is 0.258 e. The number of hydrogen-bond donors (Lipinski definition) is 0. The zero-order valence-electron chi connectivity index (χ0n) is 14.6. The Balaban J connectivity index is 1.58. The molecule has 0 radical (unpaired) electrons. The minimum Gasteiger partial charge on any atom is -0.340 e. The lowest BCUT2D eigenvalue weighted by atomic mass is 10.0. The third-order valence-electron chi connectivity index (χ3n) is 4.56. The lowest BCUT2D eigenvalue weighted by Gasteiger charge is -2.07. The molecule has 26 heavy (non-hydrogen) atoms. The number of hydrogen-bond acceptors (Lipinski definition) is 7. The smallest absolute Gasteiger partial charge is 0.258 e. The van der Waals surface area contributed by atoms with Gasteiger partial charge in [0.25, 0.3) is 5.89 Å². The van der Waals surface area contributed by atoms with Crippen LogP contribution in [-0.2, 0) is 6.42 Å². The molecule has 0 amide bonds. The Bertz CT molecular complexity index is 1110. The summed E-state index contributed by atoms with van der Waals surface area (Å²) in [5.41, 5.74) is 4.17. The Morgan fingerprint density at radius 1 is 0.962 bits per heavy atom. The van der Waals surface area contributed by atoms with Crippen LogP contribution < -0.4 is 0 Å². The first-order valence-corrected chi connectivity index (χ1v) is 8.69. The fourth-order valence-electron chi connectivity index (χ4n) is 3.11. The monoisotopic (exact) mass is 347 g/mol. The van der Waals surface area contributed by atoms with Crippen molar-refractivity contribution in [2.24, 2.45) is 0 Å². The SMILES string of the molecule is Cc1ccc2nc(C3CC3)cc(-c3nc(Cc4noc(C)n4)no3)c2c1. The van der Waals surface area contributed by atoms with E-state index in [2.05, 4.69) is 51.5 Å². The molecule has 3 aromatic heterocycles. The van der Waals surface area contributed by atoms with Gasteiger partial charge in [0.05, 0.1) is 17.5 Å². The first-order chi connectivity index (χ1) is 12.7. The number of aromatic nitrogens is 5. The summed E-state index contributed by atoms with van der Waals surface area (Å²) in [6.07, 6.45) is 2.75. The first-order valence-electron chi connectivity index (χ1n) is 8.69. The second-order valence-electron chi connectivity index (χ2n) is 6.81. The summed E-state index contributed by atoms with van der Waals surface area (Å²) in [6.45, 7) is 3.82. The highest BCUT2D eigenvalue weighted by molar-refractivity contribution is 5.93. The van der Waals surface area contributed by atoms with Crippen LogP contribution in [-0.4, -0.2) is 25.3 Å². The van der Waals surface area contributed by atoms with Gasteiger partial charge in [0.15, 0.2) is 11.6 Å². The Morgan fingerprint density at radius 2 is 1.77 bits per heavy atom. The molecule has 1 fully saturated rings. The molecule has 1 aliphatic rings. The Labute approximate surface area is 149 Å². The summed E-state index contributed by atoms with van der Waals surface area (Å²) in [6, 6.07) is 8.34. The van der Waals surface area contributed by atoms with E-state index in [0.29, 0.717) is 35.8 Å². The standard InChI is InChI=1S/C19H17N5O2/c1-10-3-6-15-13(7-10)14(8-16(21-15)12-4-5-12)19-22-18(24-26-19)9-17-20-11(2)25-23-17/h3,6-8,12H,4-5,9H2,1-2H3. The van der Waals surface area contributed by atoms with Crippen LogP contribution in [0.3, 0.4) is 0 Å². The summed E-state index contributed by atoms with van der Waals surface area (Å²) in [5, 5.41) is 9.00. The first kappa shape index (κ1) is 15.2. The topological polar surface area (TPSA) is 90.7 Å². The van der Waals surface area contributed by atoms with Crippen LogP contribution in [0, 0.1) is 13.8 Å². The zero-order chi connectivity index (χ0) is 17.7. The molecule has 3 heterocycles. The largest absolute Gasteiger partial charge is 0.340 e. The average Bonchev–Trinajstić information content (AvgIpc) is 3.25. The van der Waals surface area contributed by atoms with Crippen molar-refractivity contribution in [3.63, 3.8) is 0 Å². The van der Waals surface area contributed by atoms with Crippen molar-refractivity contribution < 1.29 is 9.05 Å². The summed E-state index contributed by atoms with van der Waals surface area (Å²) in [4.78, 5) is 13.6. The Morgan fingerprint density at radius 3 is 2.54 bits per heavy atom. The van der Waals surface area contributed by atoms with Crippen LogP contribution in [0.5, 0.6) is 0 Å². The van der Waals surface area contributed by atoms with Crippen molar-refractivity contribution in [2.75, 3.05) is 0 Å². The molecule has 4 aromatic rings. The summed E-state index contributed by atoms with van der Waals surface area (Å²) >= 11 is 0. The summed E-state index contributed by atoms with van der Waals surface area (Å²) < 4.78 is 10.6. The quantitative estimate of drug-likeness (QED) is 0.555. The number of rotatable bonds is 4. The van der Waals surface area contributed by atoms with Gasteiger partial charge >= 0.3 is 0 Å². The maximum absolute atomic E-state index is 5.56. The fourth-order valence-corrected chi connectivity index (χ4v) is 3.11. The molecule has 0 bridgehead atoms. The normalized spacial score (nSPS) is 14.2. The molecule has 0 aliphatic heterocycles. The number of aryl methyl sites for hydroxylation is 2. The van der Waals surface area contributed by atoms with E-state index in [1.165, 1.54) is 18.4 Å². The molecule has 7 nitrogen and oxygen atoms in total. The van der Waals surface area contributed by atoms with Crippen molar-refractivity contribution >= 4 is 10.9 Å². The lowest BCUT2D eigenvalue weighted by molar-refractivity contribution is 0.387. The number of nitrogens with zero attached hydrogens (tertiary/aromatic N) is 5. The third kappa shape index (κ3) is 2.75. The molecule has 0 atom stereocenters. The molecule has 7 heteroatoms. The van der Waals surface area contributed by atoms with Crippen molar-refractivity contribution in [2.45, 2.75) is 39.0 Å². The van der Waals surface area contributed by atoms with Crippen LogP contribution in [0.2, 0.25) is 0 Å². The van der Waals surface area contributed by atoms with E-state index in [-0.39, 0.29) is 0 Å². The predicted octanol–water partition coefficient (Wildman–Crippen LogP) is 3.75. The van der Waals surface area contributed by atoms with Crippen LogP contribution in [0.15, 0.2) is 33.3 Å². The zero-order valence-corrected chi connectivity index (χ0v) is 14.6. The van der Waals surface area contributed by atoms with Crippen LogP contribution in [0.25, 0.3) is 22.4 Å². The molecule has 0 N–H and O–H groups in total. The number of benzene rings is 1. The molecule has 5 rings (SSSR count). The predicted molar refractivity (Wildman–Crippen MR) is 93.6 cm³/mol. The van der Waals surface area contributed by atoms with Gasteiger partial charge in [0.2, 0.25) is 5.89 Å². The van der Waals surface area contributed by atoms with Gasteiger partial charge in [-0.15, -0.1) is 0 Å². The third-order valence-corrected chi connectivity index (χ3v) is 4.56. The lowest BCUT2D eigenvalue weighted by Crippen LogP contribution is -1.94. The van der Waals surface area contributed by atoms with Gasteiger partial charge in [0, 0.05) is 23.9 Å². The van der Waals surface area contributed by atoms with Crippen molar-refractivity contribution in [3.8, 4) is 11.5 Å². The molecule has 0 saturated heterocycles. The Hall–Kier alpha value is -3.09. The van der Waals surface area contributed by atoms with E-state index in [1.54, 1.807) is 6.92 Å². The summed E-state index contributed by atoms with van der Waals surface area (Å²) in [5.74, 6) is 2.65. The second kappa shape index (κ2) is 5.72. The highest BCUT2D eigenvalue weighted by Gasteiger charge is 2.27. The molecule has 1 aromatic carbocycles. The molecule has 1 saturated carbocycles. The highest BCUT2D eigenvalue weighted by atomic mass is 16.5. The van der Waals surface area contributed by atoms with Crippen molar-refractivity contribution in [3.05, 3.63) is 53.1 Å². The molecule has 1 aliphatic carbocycles. The van der Waals surface area contributed by atoms with E-state index in [4.69, 9.17) is 14.0 Å². The molecule has 0 unspecified atom stereocenters. The molecule has 130 valence electrons. The van der Waals surface area contributed by atoms with Gasteiger partial charge in [-0.1, -0.05) is 21.9 Å². The van der Waals surface area contributed by atoms with Gasteiger partial charge in [0.1, 0.15) is 0 Å². The van der Waals surface area contributed by atoms with E-state index in [1.807, 2.05) is 0 Å². The van der Waals surface area contributed by atoms with E-state index < -0.39 is 0 Å². The number of pyridine rings is 1. The maximum atomic E-state index is 5.56. The van der Waals surface area contributed by atoms with Gasteiger partial charge in [-0.2, -0.15) is 9.97 Å². The minimum absolute atomic E-state index is 0.373. The number of fused-ring (bicyclic) bond motifs is 1. The minimum atomic E-state index is 0.373. The van der Waals surface area contributed by atoms with E-state index >= 15 is 0 Å². The van der Waals surface area contributed by atoms with E-state index in [9.17, 15) is 0 Å². The highest BCUT2D eigenvalue weighted by Crippen LogP contribution is 2.41. The van der Waals surface area contributed by atoms with Crippen molar-refractivity contribution in [1.82, 2.24) is 25.3 Å². The van der Waals surface area contributed by atoms with Gasteiger partial charge in [-0.25, -0.2) is 0 Å². The molecular formula is C19H17N5O2. The van der Waals surface area contributed by atoms with Crippen LogP contribution in [0.1, 0.15) is 47.6 Å². The van der Waals surface area contributed by atoms with Crippen LogP contribution >= 0.6 is 0 Å². The summed E-state index contributed by atoms with van der Waals surface area (Å²) in [7, 11) is 0. The van der Waals surface area contributed by atoms with Crippen LogP contribution in [0.4, 0.5) is 0 Å². The Kier molecular flexibility index (Phi) is 3.34.